The molecule has 2 aromatic heterocycles. The molecule has 0 saturated carbocycles. The predicted octanol–water partition coefficient (Wildman–Crippen LogP) is 2.88. The Labute approximate surface area is 126 Å². The van der Waals surface area contributed by atoms with Gasteiger partial charge in [-0.3, -0.25) is 10.1 Å². The number of anilines is 1. The van der Waals surface area contributed by atoms with Gasteiger partial charge in [0.05, 0.1) is 0 Å². The van der Waals surface area contributed by atoms with Crippen molar-refractivity contribution in [2.45, 2.75) is 13.0 Å². The summed E-state index contributed by atoms with van der Waals surface area (Å²) in [7, 11) is 0. The minimum absolute atomic E-state index is 0.131. The Kier molecular flexibility index (Phi) is 3.79. The van der Waals surface area contributed by atoms with Crippen LogP contribution in [0.4, 0.5) is 5.13 Å². The fraction of sp³-hybridized carbons (Fsp3) is 0.133. The summed E-state index contributed by atoms with van der Waals surface area (Å²) in [5.74, 6) is -0.131. The molecular formula is C15H14N4OS. The van der Waals surface area contributed by atoms with Gasteiger partial charge >= 0.3 is 0 Å². The molecule has 21 heavy (non-hydrogen) atoms. The highest BCUT2D eigenvalue weighted by Gasteiger charge is 2.22. The summed E-state index contributed by atoms with van der Waals surface area (Å²) >= 11 is 1.36. The third-order valence-corrected chi connectivity index (χ3v) is 3.80. The van der Waals surface area contributed by atoms with Gasteiger partial charge in [0.15, 0.2) is 0 Å². The van der Waals surface area contributed by atoms with Crippen molar-refractivity contribution >= 4 is 22.4 Å². The average molecular weight is 298 g/mol. The Morgan fingerprint density at radius 1 is 1.14 bits per heavy atom. The number of carbonyl (C=O) groups excluding carboxylic acids is 1. The number of rotatable bonds is 4. The van der Waals surface area contributed by atoms with Crippen LogP contribution in [0, 0.1) is 6.92 Å². The second kappa shape index (κ2) is 5.88. The SMILES string of the molecule is Cc1nnc(NC(=O)C(c2ccccc2)n2cccc2)s1. The first-order chi connectivity index (χ1) is 10.2. The number of benzene rings is 1. The molecule has 3 aromatic rings. The lowest BCUT2D eigenvalue weighted by Gasteiger charge is -2.18. The molecule has 0 bridgehead atoms. The lowest BCUT2D eigenvalue weighted by Crippen LogP contribution is -2.26. The molecular weight excluding hydrogens is 284 g/mol. The fourth-order valence-electron chi connectivity index (χ4n) is 2.14. The lowest BCUT2D eigenvalue weighted by molar-refractivity contribution is -0.118. The molecule has 0 aliphatic rings. The van der Waals surface area contributed by atoms with Gasteiger partial charge < -0.3 is 4.57 Å². The van der Waals surface area contributed by atoms with E-state index in [1.54, 1.807) is 0 Å². The summed E-state index contributed by atoms with van der Waals surface area (Å²) < 4.78 is 1.87. The van der Waals surface area contributed by atoms with Crippen LogP contribution in [-0.4, -0.2) is 20.7 Å². The molecule has 5 nitrogen and oxygen atoms in total. The summed E-state index contributed by atoms with van der Waals surface area (Å²) in [4.78, 5) is 12.6. The second-order valence-electron chi connectivity index (χ2n) is 4.56. The van der Waals surface area contributed by atoms with Crippen molar-refractivity contribution in [2.75, 3.05) is 5.32 Å². The molecule has 0 spiro atoms. The monoisotopic (exact) mass is 298 g/mol. The zero-order valence-electron chi connectivity index (χ0n) is 11.4. The standard InChI is InChI=1S/C15H14N4OS/c1-11-17-18-15(21-11)16-14(20)13(19-9-5-6-10-19)12-7-3-2-4-8-12/h2-10,13H,1H3,(H,16,18,20). The molecule has 1 unspecified atom stereocenters. The third kappa shape index (κ3) is 3.00. The first-order valence-electron chi connectivity index (χ1n) is 6.52. The van der Waals surface area contributed by atoms with Gasteiger partial charge in [-0.15, -0.1) is 10.2 Å². The Bertz CT molecular complexity index is 721. The molecule has 1 N–H and O–H groups in total. The number of nitrogens with zero attached hydrogens (tertiary/aromatic N) is 3. The van der Waals surface area contributed by atoms with Gasteiger partial charge in [0, 0.05) is 12.4 Å². The molecule has 0 aliphatic heterocycles. The summed E-state index contributed by atoms with van der Waals surface area (Å²) in [5.41, 5.74) is 0.924. The van der Waals surface area contributed by atoms with E-state index in [0.29, 0.717) is 5.13 Å². The molecule has 1 atom stereocenters. The van der Waals surface area contributed by atoms with Gasteiger partial charge in [0.1, 0.15) is 11.0 Å². The summed E-state index contributed by atoms with van der Waals surface area (Å²) in [6, 6.07) is 13.0. The van der Waals surface area contributed by atoms with E-state index in [2.05, 4.69) is 15.5 Å². The Hall–Kier alpha value is -2.47. The van der Waals surface area contributed by atoms with Gasteiger partial charge in [-0.05, 0) is 24.6 Å². The van der Waals surface area contributed by atoms with Crippen molar-refractivity contribution in [2.24, 2.45) is 0 Å². The van der Waals surface area contributed by atoms with Crippen molar-refractivity contribution in [3.05, 3.63) is 65.4 Å². The van der Waals surface area contributed by atoms with Gasteiger partial charge in [0.25, 0.3) is 5.91 Å². The van der Waals surface area contributed by atoms with Crippen LogP contribution in [0.15, 0.2) is 54.9 Å². The molecule has 1 amide bonds. The zero-order valence-corrected chi connectivity index (χ0v) is 12.2. The van der Waals surface area contributed by atoms with Crippen LogP contribution in [0.3, 0.4) is 0 Å². The van der Waals surface area contributed by atoms with Crippen molar-refractivity contribution in [3.63, 3.8) is 0 Å². The minimum atomic E-state index is -0.426. The number of carbonyl (C=O) groups is 1. The van der Waals surface area contributed by atoms with Crippen LogP contribution in [-0.2, 0) is 4.79 Å². The van der Waals surface area contributed by atoms with Crippen LogP contribution in [0.5, 0.6) is 0 Å². The molecule has 6 heteroatoms. The van der Waals surface area contributed by atoms with Crippen molar-refractivity contribution in [3.8, 4) is 0 Å². The van der Waals surface area contributed by atoms with Crippen LogP contribution in [0.2, 0.25) is 0 Å². The number of amides is 1. The Balaban J connectivity index is 1.90. The van der Waals surface area contributed by atoms with E-state index < -0.39 is 6.04 Å². The van der Waals surface area contributed by atoms with Crippen LogP contribution in [0.1, 0.15) is 16.6 Å². The number of aryl methyl sites for hydroxylation is 1. The zero-order chi connectivity index (χ0) is 14.7. The van der Waals surface area contributed by atoms with Crippen molar-refractivity contribution in [1.82, 2.24) is 14.8 Å². The molecule has 0 fully saturated rings. The lowest BCUT2D eigenvalue weighted by atomic mass is 10.1. The van der Waals surface area contributed by atoms with Crippen LogP contribution >= 0.6 is 11.3 Å². The number of hydrogen-bond acceptors (Lipinski definition) is 4. The second-order valence-corrected chi connectivity index (χ2v) is 5.74. The maximum absolute atomic E-state index is 12.6. The fourth-order valence-corrected chi connectivity index (χ4v) is 2.73. The highest BCUT2D eigenvalue weighted by Crippen LogP contribution is 2.22. The van der Waals surface area contributed by atoms with Crippen LogP contribution in [0.25, 0.3) is 0 Å². The Morgan fingerprint density at radius 3 is 2.48 bits per heavy atom. The summed E-state index contributed by atoms with van der Waals surface area (Å²) in [6.45, 7) is 1.86. The van der Waals surface area contributed by atoms with Crippen LogP contribution < -0.4 is 5.32 Å². The van der Waals surface area contributed by atoms with E-state index in [0.717, 1.165) is 10.6 Å². The highest BCUT2D eigenvalue weighted by molar-refractivity contribution is 7.15. The van der Waals surface area contributed by atoms with Gasteiger partial charge in [-0.1, -0.05) is 41.7 Å². The average Bonchev–Trinajstić information content (AvgIpc) is 3.13. The molecule has 0 radical (unpaired) electrons. The largest absolute Gasteiger partial charge is 0.338 e. The van der Waals surface area contributed by atoms with E-state index in [9.17, 15) is 4.79 Å². The summed E-state index contributed by atoms with van der Waals surface area (Å²) in [5, 5.41) is 12.0. The first-order valence-corrected chi connectivity index (χ1v) is 7.34. The Morgan fingerprint density at radius 2 is 1.86 bits per heavy atom. The van der Waals surface area contributed by atoms with E-state index in [1.165, 1.54) is 11.3 Å². The normalized spacial score (nSPS) is 12.0. The smallest absolute Gasteiger partial charge is 0.253 e. The summed E-state index contributed by atoms with van der Waals surface area (Å²) in [6.07, 6.45) is 3.76. The van der Waals surface area contributed by atoms with Gasteiger partial charge in [-0.25, -0.2) is 0 Å². The molecule has 0 saturated heterocycles. The number of hydrogen-bond donors (Lipinski definition) is 1. The van der Waals surface area contributed by atoms with E-state index >= 15 is 0 Å². The van der Waals surface area contributed by atoms with E-state index in [1.807, 2.05) is 66.3 Å². The maximum Gasteiger partial charge on any atom is 0.253 e. The molecule has 2 heterocycles. The van der Waals surface area contributed by atoms with E-state index in [-0.39, 0.29) is 5.91 Å². The third-order valence-electron chi connectivity index (χ3n) is 3.05. The van der Waals surface area contributed by atoms with Crippen molar-refractivity contribution in [1.29, 1.82) is 0 Å². The van der Waals surface area contributed by atoms with Gasteiger partial charge in [0.2, 0.25) is 5.13 Å². The van der Waals surface area contributed by atoms with Crippen molar-refractivity contribution < 1.29 is 4.79 Å². The molecule has 3 rings (SSSR count). The molecule has 1 aromatic carbocycles. The quantitative estimate of drug-likeness (QED) is 0.805. The van der Waals surface area contributed by atoms with Gasteiger partial charge in [-0.2, -0.15) is 0 Å². The molecule has 0 aliphatic carbocycles. The molecule has 106 valence electrons. The minimum Gasteiger partial charge on any atom is -0.338 e. The number of aromatic nitrogens is 3. The highest BCUT2D eigenvalue weighted by atomic mass is 32.1. The van der Waals surface area contributed by atoms with E-state index in [4.69, 9.17) is 0 Å². The first kappa shape index (κ1) is 13.5. The predicted molar refractivity (Wildman–Crippen MR) is 82.3 cm³/mol. The number of nitrogens with one attached hydrogen (secondary N) is 1. The maximum atomic E-state index is 12.6. The topological polar surface area (TPSA) is 59.8 Å².